The lowest BCUT2D eigenvalue weighted by Gasteiger charge is -2.22. The molecule has 1 saturated carbocycles. The quantitative estimate of drug-likeness (QED) is 0.696. The summed E-state index contributed by atoms with van der Waals surface area (Å²) >= 11 is 0. The molecule has 1 aliphatic carbocycles. The second-order valence-corrected chi connectivity index (χ2v) is 7.61. The van der Waals surface area contributed by atoms with Crippen LogP contribution in [0.2, 0.25) is 0 Å². The summed E-state index contributed by atoms with van der Waals surface area (Å²) in [5, 5.41) is 9.15. The summed E-state index contributed by atoms with van der Waals surface area (Å²) < 4.78 is 0. The Kier molecular flexibility index (Phi) is 6.69. The highest BCUT2D eigenvalue weighted by Gasteiger charge is 2.16. The molecule has 2 aromatic carbocycles. The van der Waals surface area contributed by atoms with Crippen LogP contribution in [-0.2, 0) is 4.79 Å². The summed E-state index contributed by atoms with van der Waals surface area (Å²) in [5.74, 6) is -0.167. The standard InChI is InChI=1S/C23H29N3O2/c1-16-11-12-21(17(2)13-16)26-22(27)15-24-20-10-6-7-18(14-20)23(28)25-19-8-4-3-5-9-19/h6-7,10-14,19,24H,3-5,8-9,15H2,1-2H3,(H,25,28)(H,26,27). The van der Waals surface area contributed by atoms with E-state index in [1.165, 1.54) is 19.3 Å². The summed E-state index contributed by atoms with van der Waals surface area (Å²) in [5.41, 5.74) is 4.39. The molecular weight excluding hydrogens is 350 g/mol. The van der Waals surface area contributed by atoms with E-state index in [1.807, 2.05) is 44.2 Å². The molecule has 0 unspecified atom stereocenters. The van der Waals surface area contributed by atoms with Gasteiger partial charge in [0.25, 0.3) is 5.91 Å². The lowest BCUT2D eigenvalue weighted by atomic mass is 9.95. The summed E-state index contributed by atoms with van der Waals surface area (Å²) in [6.07, 6.45) is 5.74. The number of nitrogens with one attached hydrogen (secondary N) is 3. The summed E-state index contributed by atoms with van der Waals surface area (Å²) in [7, 11) is 0. The van der Waals surface area contributed by atoms with Gasteiger partial charge in [0.2, 0.25) is 5.91 Å². The maximum absolute atomic E-state index is 12.5. The summed E-state index contributed by atoms with van der Waals surface area (Å²) in [6.45, 7) is 4.14. The van der Waals surface area contributed by atoms with Crippen molar-refractivity contribution >= 4 is 23.2 Å². The van der Waals surface area contributed by atoms with Crippen molar-refractivity contribution in [2.24, 2.45) is 0 Å². The number of benzene rings is 2. The largest absolute Gasteiger partial charge is 0.376 e. The van der Waals surface area contributed by atoms with E-state index in [2.05, 4.69) is 16.0 Å². The van der Waals surface area contributed by atoms with Crippen LogP contribution in [0.5, 0.6) is 0 Å². The van der Waals surface area contributed by atoms with Crippen LogP contribution in [0.3, 0.4) is 0 Å². The molecule has 0 aliphatic heterocycles. The zero-order valence-electron chi connectivity index (χ0n) is 16.7. The van der Waals surface area contributed by atoms with Gasteiger partial charge in [-0.05, 0) is 56.5 Å². The first-order valence-electron chi connectivity index (χ1n) is 10.0. The van der Waals surface area contributed by atoms with Crippen molar-refractivity contribution in [2.45, 2.75) is 52.0 Å². The molecule has 0 aromatic heterocycles. The van der Waals surface area contributed by atoms with Crippen LogP contribution >= 0.6 is 0 Å². The minimum absolute atomic E-state index is 0.0460. The van der Waals surface area contributed by atoms with Crippen molar-refractivity contribution < 1.29 is 9.59 Å². The lowest BCUT2D eigenvalue weighted by molar-refractivity contribution is -0.114. The molecule has 1 fully saturated rings. The maximum Gasteiger partial charge on any atom is 0.251 e. The summed E-state index contributed by atoms with van der Waals surface area (Å²) in [6, 6.07) is 13.5. The van der Waals surface area contributed by atoms with E-state index >= 15 is 0 Å². The van der Waals surface area contributed by atoms with Crippen molar-refractivity contribution in [2.75, 3.05) is 17.2 Å². The SMILES string of the molecule is Cc1ccc(NC(=O)CNc2cccc(C(=O)NC3CCCCC3)c2)c(C)c1. The van der Waals surface area contributed by atoms with Gasteiger partial charge in [-0.25, -0.2) is 0 Å². The Morgan fingerprint density at radius 3 is 2.54 bits per heavy atom. The van der Waals surface area contributed by atoms with Gasteiger partial charge in [-0.2, -0.15) is 0 Å². The highest BCUT2D eigenvalue weighted by atomic mass is 16.2. The number of hydrogen-bond acceptors (Lipinski definition) is 3. The monoisotopic (exact) mass is 379 g/mol. The van der Waals surface area contributed by atoms with Gasteiger partial charge in [0.15, 0.2) is 0 Å². The second kappa shape index (κ2) is 9.40. The third kappa shape index (κ3) is 5.59. The fourth-order valence-corrected chi connectivity index (χ4v) is 3.62. The molecule has 148 valence electrons. The lowest BCUT2D eigenvalue weighted by Crippen LogP contribution is -2.36. The average Bonchev–Trinajstić information content (AvgIpc) is 2.69. The molecule has 2 aromatic rings. The first kappa shape index (κ1) is 19.9. The molecule has 0 bridgehead atoms. The van der Waals surface area contributed by atoms with Gasteiger partial charge in [-0.1, -0.05) is 43.0 Å². The van der Waals surface area contributed by atoms with Gasteiger partial charge >= 0.3 is 0 Å². The van der Waals surface area contributed by atoms with Crippen molar-refractivity contribution in [1.29, 1.82) is 0 Å². The number of aryl methyl sites for hydroxylation is 2. The number of hydrogen-bond donors (Lipinski definition) is 3. The highest BCUT2D eigenvalue weighted by Crippen LogP contribution is 2.19. The summed E-state index contributed by atoms with van der Waals surface area (Å²) in [4.78, 5) is 24.7. The van der Waals surface area contributed by atoms with Gasteiger partial charge in [-0.3, -0.25) is 9.59 Å². The van der Waals surface area contributed by atoms with E-state index < -0.39 is 0 Å². The second-order valence-electron chi connectivity index (χ2n) is 7.61. The number of anilines is 2. The van der Waals surface area contributed by atoms with E-state index in [0.29, 0.717) is 5.56 Å². The predicted molar refractivity (Wildman–Crippen MR) is 114 cm³/mol. The zero-order chi connectivity index (χ0) is 19.9. The van der Waals surface area contributed by atoms with Crippen LogP contribution in [0.1, 0.15) is 53.6 Å². The molecule has 0 spiro atoms. The van der Waals surface area contributed by atoms with Gasteiger partial charge in [0.05, 0.1) is 6.54 Å². The Bertz CT molecular complexity index is 841. The fourth-order valence-electron chi connectivity index (χ4n) is 3.62. The van der Waals surface area contributed by atoms with E-state index in [0.717, 1.165) is 35.3 Å². The molecular formula is C23H29N3O2. The predicted octanol–water partition coefficient (Wildman–Crippen LogP) is 4.42. The first-order chi connectivity index (χ1) is 13.5. The molecule has 0 radical (unpaired) electrons. The van der Waals surface area contributed by atoms with Gasteiger partial charge in [0, 0.05) is 23.0 Å². The Balaban J connectivity index is 1.53. The van der Waals surface area contributed by atoms with Crippen LogP contribution in [0.25, 0.3) is 0 Å². The van der Waals surface area contributed by atoms with Crippen LogP contribution in [0, 0.1) is 13.8 Å². The van der Waals surface area contributed by atoms with Crippen LogP contribution in [0.15, 0.2) is 42.5 Å². The fraction of sp³-hybridized carbons (Fsp3) is 0.391. The molecule has 2 amide bonds. The van der Waals surface area contributed by atoms with Crippen molar-refractivity contribution in [3.8, 4) is 0 Å². The van der Waals surface area contributed by atoms with Crippen molar-refractivity contribution in [3.05, 3.63) is 59.2 Å². The topological polar surface area (TPSA) is 70.2 Å². The minimum atomic E-state index is -0.121. The molecule has 0 saturated heterocycles. The number of rotatable bonds is 6. The van der Waals surface area contributed by atoms with Gasteiger partial charge < -0.3 is 16.0 Å². The molecule has 28 heavy (non-hydrogen) atoms. The van der Waals surface area contributed by atoms with Crippen molar-refractivity contribution in [3.63, 3.8) is 0 Å². The number of amides is 2. The molecule has 0 heterocycles. The number of carbonyl (C=O) groups excluding carboxylic acids is 2. The van der Waals surface area contributed by atoms with Crippen molar-refractivity contribution in [1.82, 2.24) is 5.32 Å². The molecule has 5 nitrogen and oxygen atoms in total. The Hall–Kier alpha value is -2.82. The molecule has 0 atom stereocenters. The van der Waals surface area contributed by atoms with Crippen LogP contribution in [0.4, 0.5) is 11.4 Å². The number of carbonyl (C=O) groups is 2. The smallest absolute Gasteiger partial charge is 0.251 e. The molecule has 3 N–H and O–H groups in total. The van der Waals surface area contributed by atoms with Gasteiger partial charge in [-0.15, -0.1) is 0 Å². The Morgan fingerprint density at radius 1 is 1.00 bits per heavy atom. The van der Waals surface area contributed by atoms with Gasteiger partial charge in [0.1, 0.15) is 0 Å². The Morgan fingerprint density at radius 2 is 1.79 bits per heavy atom. The maximum atomic E-state index is 12.5. The molecule has 5 heteroatoms. The normalized spacial score (nSPS) is 14.4. The van der Waals surface area contributed by atoms with Crippen LogP contribution in [-0.4, -0.2) is 24.4 Å². The Labute approximate surface area is 166 Å². The van der Waals surface area contributed by atoms with E-state index in [1.54, 1.807) is 12.1 Å². The first-order valence-corrected chi connectivity index (χ1v) is 10.0. The average molecular weight is 380 g/mol. The molecule has 3 rings (SSSR count). The minimum Gasteiger partial charge on any atom is -0.376 e. The van der Waals surface area contributed by atoms with E-state index in [4.69, 9.17) is 0 Å². The highest BCUT2D eigenvalue weighted by molar-refractivity contribution is 5.96. The third-order valence-corrected chi connectivity index (χ3v) is 5.17. The zero-order valence-corrected chi connectivity index (χ0v) is 16.7. The van der Waals surface area contributed by atoms with E-state index in [9.17, 15) is 9.59 Å². The van der Waals surface area contributed by atoms with Crippen LogP contribution < -0.4 is 16.0 Å². The third-order valence-electron chi connectivity index (χ3n) is 5.17. The van der Waals surface area contributed by atoms with E-state index in [-0.39, 0.29) is 24.4 Å². The molecule has 1 aliphatic rings.